The van der Waals surface area contributed by atoms with Crippen LogP contribution in [-0.2, 0) is 11.2 Å². The van der Waals surface area contributed by atoms with Gasteiger partial charge in [0.1, 0.15) is 0 Å². The number of aromatic amines is 1. The minimum Gasteiger partial charge on any atom is -0.325 e. The molecule has 1 amide bonds. The van der Waals surface area contributed by atoms with Crippen LogP contribution in [-0.4, -0.2) is 31.3 Å². The maximum Gasteiger partial charge on any atom is 0.237 e. The number of carbonyl (C=O) groups excluding carboxylic acids is 1. The van der Waals surface area contributed by atoms with Crippen molar-refractivity contribution in [1.82, 2.24) is 20.2 Å². The monoisotopic (exact) mass is 337 g/mol. The van der Waals surface area contributed by atoms with Crippen LogP contribution in [0.3, 0.4) is 0 Å². The minimum atomic E-state index is -0.213. The molecule has 7 heteroatoms. The third kappa shape index (κ3) is 3.03. The highest BCUT2D eigenvalue weighted by molar-refractivity contribution is 8.00. The first-order valence-corrected chi connectivity index (χ1v) is 8.56. The molecule has 1 atom stereocenters. The summed E-state index contributed by atoms with van der Waals surface area (Å²) in [5.41, 5.74) is 2.94. The Labute approximate surface area is 143 Å². The number of thioether (sulfide) groups is 1. The van der Waals surface area contributed by atoms with Crippen LogP contribution in [0.5, 0.6) is 0 Å². The average molecular weight is 337 g/mol. The van der Waals surface area contributed by atoms with E-state index in [4.69, 9.17) is 0 Å². The fourth-order valence-electron chi connectivity index (χ4n) is 2.66. The Morgan fingerprint density at radius 3 is 2.96 bits per heavy atom. The summed E-state index contributed by atoms with van der Waals surface area (Å²) in [6.45, 7) is 0. The van der Waals surface area contributed by atoms with E-state index in [1.807, 2.05) is 30.3 Å². The largest absolute Gasteiger partial charge is 0.325 e. The lowest BCUT2D eigenvalue weighted by Crippen LogP contribution is -2.23. The van der Waals surface area contributed by atoms with Gasteiger partial charge in [0.05, 0.1) is 5.25 Å². The van der Waals surface area contributed by atoms with Crippen LogP contribution in [0.4, 0.5) is 5.69 Å². The van der Waals surface area contributed by atoms with Crippen molar-refractivity contribution in [2.45, 2.75) is 23.2 Å². The molecule has 3 aromatic rings. The van der Waals surface area contributed by atoms with Crippen molar-refractivity contribution in [2.24, 2.45) is 0 Å². The number of amides is 1. The fraction of sp³-hybridized carbons (Fsp3) is 0.176. The summed E-state index contributed by atoms with van der Waals surface area (Å²) in [4.78, 5) is 21.0. The quantitative estimate of drug-likeness (QED) is 0.768. The first-order valence-electron chi connectivity index (χ1n) is 7.68. The second-order valence-electron chi connectivity index (χ2n) is 5.50. The number of rotatable bonds is 3. The SMILES string of the molecule is O=C1Nc2ccccc2CC[C@H]1Sc1n[nH]c(-c2cccnc2)n1. The van der Waals surface area contributed by atoms with E-state index in [9.17, 15) is 4.79 Å². The van der Waals surface area contributed by atoms with Crippen LogP contribution >= 0.6 is 11.8 Å². The molecule has 4 rings (SSSR count). The third-order valence-electron chi connectivity index (χ3n) is 3.89. The van der Waals surface area contributed by atoms with Gasteiger partial charge < -0.3 is 5.32 Å². The lowest BCUT2D eigenvalue weighted by atomic mass is 10.1. The molecule has 0 aliphatic carbocycles. The molecule has 3 heterocycles. The zero-order valence-corrected chi connectivity index (χ0v) is 13.6. The van der Waals surface area contributed by atoms with Gasteiger partial charge >= 0.3 is 0 Å². The van der Waals surface area contributed by atoms with Crippen molar-refractivity contribution in [1.29, 1.82) is 0 Å². The van der Waals surface area contributed by atoms with Crippen LogP contribution in [0.1, 0.15) is 12.0 Å². The minimum absolute atomic E-state index is 0.00215. The van der Waals surface area contributed by atoms with Crippen molar-refractivity contribution < 1.29 is 4.79 Å². The van der Waals surface area contributed by atoms with Gasteiger partial charge in [0.15, 0.2) is 5.82 Å². The highest BCUT2D eigenvalue weighted by atomic mass is 32.2. The molecule has 0 saturated carbocycles. The molecular formula is C17H15N5OS. The lowest BCUT2D eigenvalue weighted by molar-refractivity contribution is -0.115. The predicted octanol–water partition coefficient (Wildman–Crippen LogP) is 2.91. The van der Waals surface area contributed by atoms with Gasteiger partial charge in [0.25, 0.3) is 0 Å². The lowest BCUT2D eigenvalue weighted by Gasteiger charge is -2.10. The van der Waals surface area contributed by atoms with Gasteiger partial charge in [-0.25, -0.2) is 4.98 Å². The number of fused-ring (bicyclic) bond motifs is 1. The summed E-state index contributed by atoms with van der Waals surface area (Å²) in [6, 6.07) is 11.7. The van der Waals surface area contributed by atoms with Crippen LogP contribution in [0, 0.1) is 0 Å². The van der Waals surface area contributed by atoms with Gasteiger partial charge in [-0.15, -0.1) is 5.10 Å². The second kappa shape index (κ2) is 6.45. The number of nitrogens with zero attached hydrogens (tertiary/aromatic N) is 3. The summed E-state index contributed by atoms with van der Waals surface area (Å²) in [6.07, 6.45) is 5.05. The number of aromatic nitrogens is 4. The number of hydrogen-bond acceptors (Lipinski definition) is 5. The molecule has 1 aromatic carbocycles. The van der Waals surface area contributed by atoms with E-state index in [1.54, 1.807) is 12.4 Å². The molecule has 0 fully saturated rings. The smallest absolute Gasteiger partial charge is 0.237 e. The standard InChI is InChI=1S/C17H15N5OS/c23-16-14(8-7-11-4-1-2-6-13(11)19-16)24-17-20-15(21-22-17)12-5-3-9-18-10-12/h1-6,9-10,14H,7-8H2,(H,19,23)(H,20,21,22)/t14-/m1/s1. The number of para-hydroxylation sites is 1. The molecular weight excluding hydrogens is 322 g/mol. The normalized spacial score (nSPS) is 17.0. The Morgan fingerprint density at radius 1 is 1.17 bits per heavy atom. The van der Waals surface area contributed by atoms with E-state index in [1.165, 1.54) is 17.3 Å². The topological polar surface area (TPSA) is 83.6 Å². The van der Waals surface area contributed by atoms with E-state index < -0.39 is 0 Å². The van der Waals surface area contributed by atoms with Crippen LogP contribution in [0.2, 0.25) is 0 Å². The van der Waals surface area contributed by atoms with Crippen LogP contribution in [0.25, 0.3) is 11.4 Å². The van der Waals surface area contributed by atoms with Gasteiger partial charge in [0, 0.05) is 23.6 Å². The second-order valence-corrected chi connectivity index (χ2v) is 6.67. The Kier molecular flexibility index (Phi) is 4.00. The number of pyridine rings is 1. The molecule has 0 bridgehead atoms. The first-order chi connectivity index (χ1) is 11.8. The van der Waals surface area contributed by atoms with Gasteiger partial charge in [-0.2, -0.15) is 0 Å². The highest BCUT2D eigenvalue weighted by Gasteiger charge is 2.26. The number of anilines is 1. The van der Waals surface area contributed by atoms with Gasteiger partial charge in [-0.3, -0.25) is 14.9 Å². The molecule has 0 saturated heterocycles. The van der Waals surface area contributed by atoms with Crippen molar-refractivity contribution >= 4 is 23.4 Å². The van der Waals surface area contributed by atoms with Crippen LogP contribution in [0.15, 0.2) is 53.9 Å². The summed E-state index contributed by atoms with van der Waals surface area (Å²) >= 11 is 1.39. The molecule has 0 spiro atoms. The molecule has 120 valence electrons. The zero-order chi connectivity index (χ0) is 16.4. The number of carbonyl (C=O) groups is 1. The van der Waals surface area contributed by atoms with Crippen molar-refractivity contribution in [3.63, 3.8) is 0 Å². The molecule has 6 nitrogen and oxygen atoms in total. The number of aryl methyl sites for hydroxylation is 1. The maximum absolute atomic E-state index is 12.5. The predicted molar refractivity (Wildman–Crippen MR) is 92.7 cm³/mol. The molecule has 2 aromatic heterocycles. The van der Waals surface area contributed by atoms with E-state index in [0.29, 0.717) is 11.0 Å². The van der Waals surface area contributed by atoms with E-state index >= 15 is 0 Å². The molecule has 1 aliphatic rings. The Hall–Kier alpha value is -2.67. The first kappa shape index (κ1) is 14.9. The Morgan fingerprint density at radius 2 is 2.08 bits per heavy atom. The molecule has 0 unspecified atom stereocenters. The van der Waals surface area contributed by atoms with Crippen molar-refractivity contribution in [3.8, 4) is 11.4 Å². The summed E-state index contributed by atoms with van der Waals surface area (Å²) in [5.74, 6) is 0.653. The van der Waals surface area contributed by atoms with E-state index in [-0.39, 0.29) is 11.2 Å². The highest BCUT2D eigenvalue weighted by Crippen LogP contribution is 2.30. The Balaban J connectivity index is 1.50. The molecule has 2 N–H and O–H groups in total. The number of hydrogen-bond donors (Lipinski definition) is 2. The average Bonchev–Trinajstić information content (AvgIpc) is 3.02. The van der Waals surface area contributed by atoms with Gasteiger partial charge in [0.2, 0.25) is 11.1 Å². The molecule has 24 heavy (non-hydrogen) atoms. The molecule has 0 radical (unpaired) electrons. The summed E-state index contributed by atoms with van der Waals surface area (Å²) in [5, 5.41) is 10.5. The fourth-order valence-corrected chi connectivity index (χ4v) is 3.56. The van der Waals surface area contributed by atoms with E-state index in [0.717, 1.165) is 24.1 Å². The summed E-state index contributed by atoms with van der Waals surface area (Å²) in [7, 11) is 0. The van der Waals surface area contributed by atoms with Crippen LogP contribution < -0.4 is 5.32 Å². The number of benzene rings is 1. The summed E-state index contributed by atoms with van der Waals surface area (Å²) < 4.78 is 0. The van der Waals surface area contributed by atoms with Gasteiger partial charge in [-0.1, -0.05) is 30.0 Å². The Bertz CT molecular complexity index is 864. The zero-order valence-electron chi connectivity index (χ0n) is 12.8. The molecule has 1 aliphatic heterocycles. The van der Waals surface area contributed by atoms with Crippen molar-refractivity contribution in [3.05, 3.63) is 54.4 Å². The van der Waals surface area contributed by atoms with Crippen molar-refractivity contribution in [2.75, 3.05) is 5.32 Å². The third-order valence-corrected chi connectivity index (χ3v) is 5.02. The number of nitrogens with one attached hydrogen (secondary N) is 2. The maximum atomic E-state index is 12.5. The van der Waals surface area contributed by atoms with E-state index in [2.05, 4.69) is 31.5 Å². The van der Waals surface area contributed by atoms with Gasteiger partial charge in [-0.05, 0) is 36.6 Å². The number of H-pyrrole nitrogens is 1.